The molecule has 2 aromatic carbocycles. The molecule has 6 nitrogen and oxygen atoms in total. The van der Waals surface area contributed by atoms with Crippen LogP contribution in [0.25, 0.3) is 0 Å². The van der Waals surface area contributed by atoms with E-state index in [2.05, 4.69) is 10.6 Å². The third-order valence-electron chi connectivity index (χ3n) is 3.88. The molecule has 6 heteroatoms. The Morgan fingerprint density at radius 3 is 1.96 bits per heavy atom. The molecule has 130 valence electrons. The number of para-hydroxylation sites is 2. The normalized spacial score (nSPS) is 10.2. The summed E-state index contributed by atoms with van der Waals surface area (Å²) in [5, 5.41) is 5.12. The summed E-state index contributed by atoms with van der Waals surface area (Å²) in [6.45, 7) is 3.96. The number of nitrogens with two attached hydrogens (primary N) is 1. The first-order valence-corrected chi connectivity index (χ1v) is 8.09. The van der Waals surface area contributed by atoms with E-state index in [1.165, 1.54) is 12.1 Å². The number of hydrogen-bond donors (Lipinski definition) is 3. The van der Waals surface area contributed by atoms with Gasteiger partial charge in [-0.3, -0.25) is 14.4 Å². The van der Waals surface area contributed by atoms with Crippen molar-refractivity contribution in [2.45, 2.75) is 26.7 Å². The van der Waals surface area contributed by atoms with Crippen LogP contribution in [0.5, 0.6) is 0 Å². The molecule has 0 fully saturated rings. The first-order chi connectivity index (χ1) is 12.0. The van der Waals surface area contributed by atoms with Crippen LogP contribution in [0.4, 0.5) is 11.4 Å². The molecule has 0 aliphatic carbocycles. The minimum Gasteiger partial charge on any atom is -0.366 e. The van der Waals surface area contributed by atoms with Gasteiger partial charge in [0.2, 0.25) is 0 Å². The SMILES string of the molecule is CCc1cccc(CC)c1NC(=O)C(=O)Nc1ccccc1C(N)=O. The molecule has 0 radical (unpaired) electrons. The summed E-state index contributed by atoms with van der Waals surface area (Å²) >= 11 is 0. The first-order valence-electron chi connectivity index (χ1n) is 8.09. The number of carbonyl (C=O) groups excluding carboxylic acids is 3. The van der Waals surface area contributed by atoms with Crippen molar-refractivity contribution in [2.24, 2.45) is 5.73 Å². The van der Waals surface area contributed by atoms with Crippen LogP contribution in [0.1, 0.15) is 35.3 Å². The lowest BCUT2D eigenvalue weighted by molar-refractivity contribution is -0.133. The molecular formula is C19H21N3O3. The van der Waals surface area contributed by atoms with Gasteiger partial charge in [-0.1, -0.05) is 44.2 Å². The van der Waals surface area contributed by atoms with E-state index in [9.17, 15) is 14.4 Å². The van der Waals surface area contributed by atoms with E-state index >= 15 is 0 Å². The summed E-state index contributed by atoms with van der Waals surface area (Å²) in [5.74, 6) is -2.34. The van der Waals surface area contributed by atoms with Gasteiger partial charge in [0.1, 0.15) is 0 Å². The Kier molecular flexibility index (Phi) is 5.89. The third-order valence-corrected chi connectivity index (χ3v) is 3.88. The highest BCUT2D eigenvalue weighted by Gasteiger charge is 2.19. The predicted octanol–water partition coefficient (Wildman–Crippen LogP) is 2.49. The lowest BCUT2D eigenvalue weighted by Crippen LogP contribution is -2.30. The van der Waals surface area contributed by atoms with E-state index in [4.69, 9.17) is 5.73 Å². The second-order valence-electron chi connectivity index (χ2n) is 5.48. The maximum Gasteiger partial charge on any atom is 0.314 e. The van der Waals surface area contributed by atoms with E-state index < -0.39 is 17.7 Å². The highest BCUT2D eigenvalue weighted by molar-refractivity contribution is 6.44. The number of hydrogen-bond acceptors (Lipinski definition) is 3. The lowest BCUT2D eigenvalue weighted by atomic mass is 10.0. The average molecular weight is 339 g/mol. The number of benzene rings is 2. The minimum absolute atomic E-state index is 0.145. The monoisotopic (exact) mass is 339 g/mol. The molecule has 0 heterocycles. The Labute approximate surface area is 146 Å². The number of anilines is 2. The van der Waals surface area contributed by atoms with Crippen molar-refractivity contribution in [3.8, 4) is 0 Å². The average Bonchev–Trinajstić information content (AvgIpc) is 2.61. The van der Waals surface area contributed by atoms with Crippen molar-refractivity contribution in [1.82, 2.24) is 0 Å². The van der Waals surface area contributed by atoms with Crippen molar-refractivity contribution in [3.05, 3.63) is 59.2 Å². The molecule has 2 rings (SSSR count). The number of primary amides is 1. The Balaban J connectivity index is 2.20. The molecular weight excluding hydrogens is 318 g/mol. The van der Waals surface area contributed by atoms with Gasteiger partial charge in [-0.25, -0.2) is 0 Å². The smallest absolute Gasteiger partial charge is 0.314 e. The summed E-state index contributed by atoms with van der Waals surface area (Å²) in [6.07, 6.45) is 1.46. The molecule has 0 saturated heterocycles. The second kappa shape index (κ2) is 8.10. The fraction of sp³-hybridized carbons (Fsp3) is 0.211. The molecule has 0 aromatic heterocycles. The van der Waals surface area contributed by atoms with E-state index in [1.807, 2.05) is 32.0 Å². The van der Waals surface area contributed by atoms with Gasteiger partial charge in [0.15, 0.2) is 0 Å². The zero-order valence-corrected chi connectivity index (χ0v) is 14.3. The van der Waals surface area contributed by atoms with Crippen LogP contribution in [0.2, 0.25) is 0 Å². The van der Waals surface area contributed by atoms with Gasteiger partial charge in [-0.15, -0.1) is 0 Å². The van der Waals surface area contributed by atoms with Crippen LogP contribution in [0.3, 0.4) is 0 Å². The predicted molar refractivity (Wildman–Crippen MR) is 97.4 cm³/mol. The lowest BCUT2D eigenvalue weighted by Gasteiger charge is -2.14. The maximum atomic E-state index is 12.3. The zero-order chi connectivity index (χ0) is 18.4. The van der Waals surface area contributed by atoms with Crippen molar-refractivity contribution in [3.63, 3.8) is 0 Å². The molecule has 0 saturated carbocycles. The van der Waals surface area contributed by atoms with Gasteiger partial charge < -0.3 is 16.4 Å². The van der Waals surface area contributed by atoms with Crippen molar-refractivity contribution >= 4 is 29.1 Å². The number of aryl methyl sites for hydroxylation is 2. The Hall–Kier alpha value is -3.15. The van der Waals surface area contributed by atoms with Gasteiger partial charge in [-0.2, -0.15) is 0 Å². The van der Waals surface area contributed by atoms with Crippen molar-refractivity contribution < 1.29 is 14.4 Å². The molecule has 4 N–H and O–H groups in total. The van der Waals surface area contributed by atoms with Crippen molar-refractivity contribution in [1.29, 1.82) is 0 Å². The van der Waals surface area contributed by atoms with E-state index in [0.29, 0.717) is 5.69 Å². The second-order valence-corrected chi connectivity index (χ2v) is 5.48. The molecule has 2 aromatic rings. The Morgan fingerprint density at radius 1 is 0.840 bits per heavy atom. The van der Waals surface area contributed by atoms with Crippen LogP contribution in [0, 0.1) is 0 Å². The number of nitrogens with one attached hydrogen (secondary N) is 2. The molecule has 0 aliphatic rings. The Bertz CT molecular complexity index is 793. The number of carbonyl (C=O) groups is 3. The zero-order valence-electron chi connectivity index (χ0n) is 14.3. The maximum absolute atomic E-state index is 12.3. The quantitative estimate of drug-likeness (QED) is 0.729. The highest BCUT2D eigenvalue weighted by Crippen LogP contribution is 2.22. The van der Waals surface area contributed by atoms with Gasteiger partial charge in [0.05, 0.1) is 11.3 Å². The van der Waals surface area contributed by atoms with E-state index in [0.717, 1.165) is 24.0 Å². The topological polar surface area (TPSA) is 101 Å². The van der Waals surface area contributed by atoms with Crippen LogP contribution >= 0.6 is 0 Å². The molecule has 3 amide bonds. The van der Waals surface area contributed by atoms with Crippen LogP contribution in [-0.2, 0) is 22.4 Å². The largest absolute Gasteiger partial charge is 0.366 e. The molecule has 0 spiro atoms. The summed E-state index contributed by atoms with van der Waals surface area (Å²) in [4.78, 5) is 35.9. The summed E-state index contributed by atoms with van der Waals surface area (Å²) in [7, 11) is 0. The fourth-order valence-corrected chi connectivity index (χ4v) is 2.56. The Morgan fingerprint density at radius 2 is 1.40 bits per heavy atom. The third kappa shape index (κ3) is 4.23. The van der Waals surface area contributed by atoms with Crippen LogP contribution < -0.4 is 16.4 Å². The molecule has 0 atom stereocenters. The first kappa shape index (κ1) is 18.2. The van der Waals surface area contributed by atoms with Gasteiger partial charge in [-0.05, 0) is 36.1 Å². The summed E-state index contributed by atoms with van der Waals surface area (Å²) in [6, 6.07) is 12.0. The highest BCUT2D eigenvalue weighted by atomic mass is 16.2. The molecule has 0 unspecified atom stereocenters. The van der Waals surface area contributed by atoms with Crippen LogP contribution in [-0.4, -0.2) is 17.7 Å². The minimum atomic E-state index is -0.860. The number of rotatable bonds is 5. The fourth-order valence-electron chi connectivity index (χ4n) is 2.56. The summed E-state index contributed by atoms with van der Waals surface area (Å²) in [5.41, 5.74) is 8.20. The summed E-state index contributed by atoms with van der Waals surface area (Å²) < 4.78 is 0. The molecule has 25 heavy (non-hydrogen) atoms. The molecule has 0 bridgehead atoms. The molecule has 0 aliphatic heterocycles. The van der Waals surface area contributed by atoms with E-state index in [-0.39, 0.29) is 11.3 Å². The van der Waals surface area contributed by atoms with Gasteiger partial charge >= 0.3 is 11.8 Å². The standard InChI is InChI=1S/C19H21N3O3/c1-3-12-8-7-9-13(4-2)16(12)22-19(25)18(24)21-15-11-6-5-10-14(15)17(20)23/h5-11H,3-4H2,1-2H3,(H2,20,23)(H,21,24)(H,22,25). The van der Waals surface area contributed by atoms with Gasteiger partial charge in [0, 0.05) is 5.69 Å². The number of amides is 3. The van der Waals surface area contributed by atoms with Gasteiger partial charge in [0.25, 0.3) is 5.91 Å². The van der Waals surface area contributed by atoms with E-state index in [1.54, 1.807) is 12.1 Å². The van der Waals surface area contributed by atoms with Crippen molar-refractivity contribution in [2.75, 3.05) is 10.6 Å². The van der Waals surface area contributed by atoms with Crippen LogP contribution in [0.15, 0.2) is 42.5 Å².